The number of benzene rings is 1. The van der Waals surface area contributed by atoms with Gasteiger partial charge in [-0.1, -0.05) is 12.1 Å². The Balaban J connectivity index is 2.04. The number of rotatable bonds is 7. The molecular formula is C17H24N4O2. The number of nitrogens with zero attached hydrogens (tertiary/aromatic N) is 2. The van der Waals surface area contributed by atoms with Crippen molar-refractivity contribution in [2.45, 2.75) is 39.8 Å². The molecule has 1 atom stereocenters. The number of carbonyl (C=O) groups is 1. The standard InChI is InChI=1S/C17H24N4O2/c1-5-23-15-9-7-6-8-14(15)19-13(4)17(22)20-16-10-11-18-21(16)12(2)3/h6-13,19H,5H2,1-4H3,(H,20,22)/t13-/m1/s1. The van der Waals surface area contributed by atoms with E-state index in [2.05, 4.69) is 15.7 Å². The number of amides is 1. The Morgan fingerprint density at radius 2 is 2.00 bits per heavy atom. The van der Waals surface area contributed by atoms with Crippen molar-refractivity contribution in [1.29, 1.82) is 0 Å². The summed E-state index contributed by atoms with van der Waals surface area (Å²) in [6, 6.07) is 9.15. The molecule has 0 saturated carbocycles. The first-order chi connectivity index (χ1) is 11.0. The van der Waals surface area contributed by atoms with Crippen LogP contribution in [0.15, 0.2) is 36.5 Å². The van der Waals surface area contributed by atoms with E-state index in [-0.39, 0.29) is 11.9 Å². The Morgan fingerprint density at radius 1 is 1.26 bits per heavy atom. The number of para-hydroxylation sites is 2. The molecule has 2 rings (SSSR count). The first kappa shape index (κ1) is 16.9. The molecule has 23 heavy (non-hydrogen) atoms. The van der Waals surface area contributed by atoms with Gasteiger partial charge in [0.25, 0.3) is 0 Å². The van der Waals surface area contributed by atoms with Crippen LogP contribution in [0.2, 0.25) is 0 Å². The fraction of sp³-hybridized carbons (Fsp3) is 0.412. The highest BCUT2D eigenvalue weighted by Gasteiger charge is 2.17. The highest BCUT2D eigenvalue weighted by atomic mass is 16.5. The molecule has 0 saturated heterocycles. The average Bonchev–Trinajstić information content (AvgIpc) is 2.97. The lowest BCUT2D eigenvalue weighted by molar-refractivity contribution is -0.116. The predicted octanol–water partition coefficient (Wildman–Crippen LogP) is 3.30. The molecule has 0 spiro atoms. The predicted molar refractivity (Wildman–Crippen MR) is 91.9 cm³/mol. The van der Waals surface area contributed by atoms with Crippen LogP contribution < -0.4 is 15.4 Å². The molecule has 2 N–H and O–H groups in total. The topological polar surface area (TPSA) is 68.2 Å². The van der Waals surface area contributed by atoms with Gasteiger partial charge in [0.15, 0.2) is 0 Å². The normalized spacial score (nSPS) is 12.0. The molecule has 6 nitrogen and oxygen atoms in total. The van der Waals surface area contributed by atoms with Gasteiger partial charge in [-0.3, -0.25) is 4.79 Å². The van der Waals surface area contributed by atoms with Crippen LogP contribution in [-0.2, 0) is 4.79 Å². The van der Waals surface area contributed by atoms with Crippen molar-refractivity contribution >= 4 is 17.4 Å². The molecule has 124 valence electrons. The van der Waals surface area contributed by atoms with Gasteiger partial charge >= 0.3 is 0 Å². The number of carbonyl (C=O) groups excluding carboxylic acids is 1. The first-order valence-corrected chi connectivity index (χ1v) is 7.85. The van der Waals surface area contributed by atoms with E-state index < -0.39 is 6.04 Å². The number of ether oxygens (including phenoxy) is 1. The van der Waals surface area contributed by atoms with E-state index in [0.717, 1.165) is 11.4 Å². The van der Waals surface area contributed by atoms with E-state index in [0.29, 0.717) is 12.4 Å². The second-order valence-electron chi connectivity index (χ2n) is 5.54. The zero-order valence-corrected chi connectivity index (χ0v) is 14.0. The molecule has 2 aromatic rings. The van der Waals surface area contributed by atoms with Gasteiger partial charge in [0, 0.05) is 12.1 Å². The van der Waals surface area contributed by atoms with E-state index >= 15 is 0 Å². The number of hydrogen-bond donors (Lipinski definition) is 2. The lowest BCUT2D eigenvalue weighted by Crippen LogP contribution is -2.33. The van der Waals surface area contributed by atoms with Crippen LogP contribution in [0.25, 0.3) is 0 Å². The monoisotopic (exact) mass is 316 g/mol. The van der Waals surface area contributed by atoms with Crippen LogP contribution in [0.5, 0.6) is 5.75 Å². The molecule has 0 radical (unpaired) electrons. The van der Waals surface area contributed by atoms with Gasteiger partial charge in [0.05, 0.1) is 18.5 Å². The summed E-state index contributed by atoms with van der Waals surface area (Å²) in [5.41, 5.74) is 0.800. The van der Waals surface area contributed by atoms with Gasteiger partial charge in [0.2, 0.25) is 5.91 Å². The Bertz CT molecular complexity index is 652. The minimum atomic E-state index is -0.410. The fourth-order valence-electron chi connectivity index (χ4n) is 2.23. The van der Waals surface area contributed by atoms with Crippen LogP contribution in [0.3, 0.4) is 0 Å². The van der Waals surface area contributed by atoms with Gasteiger partial charge in [0.1, 0.15) is 17.6 Å². The van der Waals surface area contributed by atoms with Crippen molar-refractivity contribution in [3.8, 4) is 5.75 Å². The summed E-state index contributed by atoms with van der Waals surface area (Å²) in [6.07, 6.45) is 1.68. The van der Waals surface area contributed by atoms with Crippen molar-refractivity contribution in [3.63, 3.8) is 0 Å². The maximum Gasteiger partial charge on any atom is 0.247 e. The third-order valence-corrected chi connectivity index (χ3v) is 3.36. The summed E-state index contributed by atoms with van der Waals surface area (Å²) in [5.74, 6) is 1.30. The summed E-state index contributed by atoms with van der Waals surface area (Å²) >= 11 is 0. The number of anilines is 2. The molecule has 0 aliphatic rings. The van der Waals surface area contributed by atoms with Gasteiger partial charge < -0.3 is 15.4 Å². The van der Waals surface area contributed by atoms with Gasteiger partial charge in [-0.15, -0.1) is 0 Å². The molecule has 1 aromatic carbocycles. The van der Waals surface area contributed by atoms with Crippen molar-refractivity contribution in [2.75, 3.05) is 17.2 Å². The Hall–Kier alpha value is -2.50. The number of aromatic nitrogens is 2. The summed E-state index contributed by atoms with van der Waals surface area (Å²) in [4.78, 5) is 12.4. The molecule has 0 unspecified atom stereocenters. The van der Waals surface area contributed by atoms with E-state index in [4.69, 9.17) is 4.74 Å². The molecule has 6 heteroatoms. The second kappa shape index (κ2) is 7.67. The SMILES string of the molecule is CCOc1ccccc1N[C@H](C)C(=O)Nc1ccnn1C(C)C. The van der Waals surface area contributed by atoms with Crippen LogP contribution in [0.1, 0.15) is 33.7 Å². The fourth-order valence-corrected chi connectivity index (χ4v) is 2.23. The van der Waals surface area contributed by atoms with Crippen molar-refractivity contribution in [2.24, 2.45) is 0 Å². The van der Waals surface area contributed by atoms with Crippen LogP contribution in [0.4, 0.5) is 11.5 Å². The lowest BCUT2D eigenvalue weighted by atomic mass is 10.2. The lowest BCUT2D eigenvalue weighted by Gasteiger charge is -2.18. The van der Waals surface area contributed by atoms with Crippen LogP contribution >= 0.6 is 0 Å². The zero-order valence-electron chi connectivity index (χ0n) is 14.0. The number of hydrogen-bond acceptors (Lipinski definition) is 4. The maximum atomic E-state index is 12.4. The number of nitrogens with one attached hydrogen (secondary N) is 2. The van der Waals surface area contributed by atoms with E-state index in [1.165, 1.54) is 0 Å². The molecule has 1 amide bonds. The summed E-state index contributed by atoms with van der Waals surface area (Å²) in [7, 11) is 0. The van der Waals surface area contributed by atoms with Crippen LogP contribution in [-0.4, -0.2) is 28.3 Å². The smallest absolute Gasteiger partial charge is 0.247 e. The Kier molecular flexibility index (Phi) is 5.62. The van der Waals surface area contributed by atoms with Gasteiger partial charge in [-0.2, -0.15) is 5.10 Å². The largest absolute Gasteiger partial charge is 0.492 e. The first-order valence-electron chi connectivity index (χ1n) is 7.85. The molecule has 0 aliphatic carbocycles. The highest BCUT2D eigenvalue weighted by Crippen LogP contribution is 2.24. The van der Waals surface area contributed by atoms with E-state index in [1.54, 1.807) is 16.9 Å². The molecule has 1 aromatic heterocycles. The van der Waals surface area contributed by atoms with E-state index in [9.17, 15) is 4.79 Å². The third-order valence-electron chi connectivity index (χ3n) is 3.36. The van der Waals surface area contributed by atoms with Gasteiger partial charge in [-0.25, -0.2) is 4.68 Å². The molecule has 0 fully saturated rings. The second-order valence-corrected chi connectivity index (χ2v) is 5.54. The quantitative estimate of drug-likeness (QED) is 0.822. The van der Waals surface area contributed by atoms with Crippen molar-refractivity contribution < 1.29 is 9.53 Å². The summed E-state index contributed by atoms with van der Waals surface area (Å²) < 4.78 is 7.34. The average molecular weight is 316 g/mol. The van der Waals surface area contributed by atoms with Gasteiger partial charge in [-0.05, 0) is 39.8 Å². The van der Waals surface area contributed by atoms with Crippen molar-refractivity contribution in [1.82, 2.24) is 9.78 Å². The molecule has 1 heterocycles. The summed E-state index contributed by atoms with van der Waals surface area (Å²) in [6.45, 7) is 8.35. The molecule has 0 bridgehead atoms. The zero-order chi connectivity index (χ0) is 16.8. The minimum absolute atomic E-state index is 0.126. The molecule has 0 aliphatic heterocycles. The molecular weight excluding hydrogens is 292 g/mol. The Labute approximate surface area is 136 Å². The highest BCUT2D eigenvalue weighted by molar-refractivity contribution is 5.95. The van der Waals surface area contributed by atoms with Crippen LogP contribution in [0, 0.1) is 0 Å². The maximum absolute atomic E-state index is 12.4. The van der Waals surface area contributed by atoms with Crippen molar-refractivity contribution in [3.05, 3.63) is 36.5 Å². The minimum Gasteiger partial charge on any atom is -0.492 e. The van der Waals surface area contributed by atoms with E-state index in [1.807, 2.05) is 52.0 Å². The third kappa shape index (κ3) is 4.25. The Morgan fingerprint density at radius 3 is 2.70 bits per heavy atom. The summed E-state index contributed by atoms with van der Waals surface area (Å²) in [5, 5.41) is 10.3.